The molecule has 8 heteroatoms. The highest BCUT2D eigenvalue weighted by atomic mass is 127. The number of nitrogens with one attached hydrogen (secondary N) is 2. The number of urea groups is 1. The third-order valence-electron chi connectivity index (χ3n) is 4.40. The van der Waals surface area contributed by atoms with Crippen LogP contribution in [0.25, 0.3) is 0 Å². The van der Waals surface area contributed by atoms with Crippen molar-refractivity contribution >= 4 is 51.8 Å². The second kappa shape index (κ2) is 8.70. The Hall–Kier alpha value is -2.46. The molecule has 0 saturated heterocycles. The van der Waals surface area contributed by atoms with E-state index in [2.05, 4.69) is 33.2 Å². The number of hydrogen-bond donors (Lipinski definition) is 2. The third kappa shape index (κ3) is 4.33. The summed E-state index contributed by atoms with van der Waals surface area (Å²) in [7, 11) is 1.57. The van der Waals surface area contributed by atoms with Crippen LogP contribution in [0.1, 0.15) is 32.7 Å². The Kier molecular flexibility index (Phi) is 6.30. The lowest BCUT2D eigenvalue weighted by atomic mass is 10.1. The number of aryl methyl sites for hydroxylation is 1. The van der Waals surface area contributed by atoms with E-state index >= 15 is 0 Å². The molecule has 2 aromatic carbocycles. The van der Waals surface area contributed by atoms with Gasteiger partial charge in [0.05, 0.1) is 11.1 Å². The summed E-state index contributed by atoms with van der Waals surface area (Å²) < 4.78 is 6.05. The smallest absolute Gasteiger partial charge is 0.323 e. The lowest BCUT2D eigenvalue weighted by Crippen LogP contribution is -2.31. The zero-order valence-corrected chi connectivity index (χ0v) is 17.7. The summed E-state index contributed by atoms with van der Waals surface area (Å²) in [6, 6.07) is 10.00. The lowest BCUT2D eigenvalue weighted by Gasteiger charge is -2.12. The highest BCUT2D eigenvalue weighted by Crippen LogP contribution is 2.26. The number of carbonyl (C=O) groups excluding carboxylic acids is 3. The Bertz CT molecular complexity index is 945. The molecule has 2 aromatic rings. The van der Waals surface area contributed by atoms with Crippen molar-refractivity contribution in [3.8, 4) is 0 Å². The van der Waals surface area contributed by atoms with Crippen LogP contribution in [0.5, 0.6) is 0 Å². The van der Waals surface area contributed by atoms with E-state index in [1.807, 2.05) is 25.1 Å². The molecule has 7 nitrogen and oxygen atoms in total. The Morgan fingerprint density at radius 2 is 1.82 bits per heavy atom. The molecule has 4 amide bonds. The van der Waals surface area contributed by atoms with Crippen LogP contribution in [-0.4, -0.2) is 43.0 Å². The van der Waals surface area contributed by atoms with Crippen LogP contribution < -0.4 is 10.6 Å². The molecule has 146 valence electrons. The van der Waals surface area contributed by atoms with Crippen LogP contribution in [0, 0.1) is 10.5 Å². The fourth-order valence-corrected chi connectivity index (χ4v) is 3.64. The fraction of sp³-hybridized carbons (Fsp3) is 0.250. The Balaban J connectivity index is 1.70. The molecule has 28 heavy (non-hydrogen) atoms. The van der Waals surface area contributed by atoms with Gasteiger partial charge in [0.1, 0.15) is 0 Å². The van der Waals surface area contributed by atoms with Gasteiger partial charge < -0.3 is 15.4 Å². The second-order valence-corrected chi connectivity index (χ2v) is 7.65. The van der Waals surface area contributed by atoms with Gasteiger partial charge in [-0.1, -0.05) is 0 Å². The van der Waals surface area contributed by atoms with Crippen molar-refractivity contribution < 1.29 is 19.1 Å². The molecular weight excluding hydrogens is 473 g/mol. The number of fused-ring (bicyclic) bond motifs is 1. The standard InChI is InChI=1S/C20H20IN3O4/c1-12-10-13(21)4-7-17(12)23-20(27)22-14-5-6-15-16(11-14)19(26)24(18(15)25)8-3-9-28-2/h4-7,10-11H,3,8-9H2,1-2H3,(H2,22,23,27). The second-order valence-electron chi connectivity index (χ2n) is 6.41. The van der Waals surface area contributed by atoms with Gasteiger partial charge in [-0.05, 0) is 77.9 Å². The third-order valence-corrected chi connectivity index (χ3v) is 5.07. The molecule has 0 unspecified atom stereocenters. The maximum absolute atomic E-state index is 12.5. The average molecular weight is 493 g/mol. The molecule has 0 fully saturated rings. The van der Waals surface area contributed by atoms with Gasteiger partial charge in [0.15, 0.2) is 0 Å². The summed E-state index contributed by atoms with van der Waals surface area (Å²) in [5.74, 6) is -0.671. The number of amides is 4. The molecule has 0 atom stereocenters. The number of halogens is 1. The van der Waals surface area contributed by atoms with Crippen molar-refractivity contribution in [1.82, 2.24) is 4.90 Å². The predicted molar refractivity (Wildman–Crippen MR) is 115 cm³/mol. The molecule has 3 rings (SSSR count). The molecule has 1 heterocycles. The van der Waals surface area contributed by atoms with E-state index in [9.17, 15) is 14.4 Å². The molecule has 1 aliphatic heterocycles. The normalized spacial score (nSPS) is 12.9. The number of rotatable bonds is 6. The van der Waals surface area contributed by atoms with Gasteiger partial charge >= 0.3 is 6.03 Å². The number of benzene rings is 2. The number of ether oxygens (including phenoxy) is 1. The van der Waals surface area contributed by atoms with E-state index in [4.69, 9.17) is 4.74 Å². The van der Waals surface area contributed by atoms with Crippen molar-refractivity contribution in [2.24, 2.45) is 0 Å². The van der Waals surface area contributed by atoms with Crippen LogP contribution in [0.15, 0.2) is 36.4 Å². The van der Waals surface area contributed by atoms with E-state index in [1.54, 1.807) is 19.2 Å². The zero-order chi connectivity index (χ0) is 20.3. The summed E-state index contributed by atoms with van der Waals surface area (Å²) in [4.78, 5) is 38.5. The summed E-state index contributed by atoms with van der Waals surface area (Å²) in [5, 5.41) is 5.50. The average Bonchev–Trinajstić information content (AvgIpc) is 2.89. The Labute approximate surface area is 176 Å². The first-order valence-corrected chi connectivity index (χ1v) is 9.82. The SMILES string of the molecule is COCCCN1C(=O)c2ccc(NC(=O)Nc3ccc(I)cc3C)cc2C1=O. The number of anilines is 2. The van der Waals surface area contributed by atoms with Gasteiger partial charge in [0.25, 0.3) is 11.8 Å². The molecule has 2 N–H and O–H groups in total. The van der Waals surface area contributed by atoms with Gasteiger partial charge in [-0.15, -0.1) is 0 Å². The molecule has 0 aromatic heterocycles. The van der Waals surface area contributed by atoms with Crippen molar-refractivity contribution in [1.29, 1.82) is 0 Å². The molecule has 1 aliphatic rings. The van der Waals surface area contributed by atoms with Crippen LogP contribution in [-0.2, 0) is 4.74 Å². The molecule has 0 spiro atoms. The minimum absolute atomic E-state index is 0.297. The Morgan fingerprint density at radius 1 is 1.07 bits per heavy atom. The Morgan fingerprint density at radius 3 is 2.54 bits per heavy atom. The quantitative estimate of drug-likeness (QED) is 0.364. The highest BCUT2D eigenvalue weighted by molar-refractivity contribution is 14.1. The summed E-state index contributed by atoms with van der Waals surface area (Å²) >= 11 is 2.21. The lowest BCUT2D eigenvalue weighted by molar-refractivity contribution is 0.0638. The van der Waals surface area contributed by atoms with Crippen LogP contribution in [0.3, 0.4) is 0 Å². The first-order chi connectivity index (χ1) is 13.4. The monoisotopic (exact) mass is 493 g/mol. The van der Waals surface area contributed by atoms with E-state index < -0.39 is 6.03 Å². The van der Waals surface area contributed by atoms with E-state index in [1.165, 1.54) is 11.0 Å². The summed E-state index contributed by atoms with van der Waals surface area (Å²) in [6.45, 7) is 2.68. The molecule has 0 radical (unpaired) electrons. The number of imide groups is 1. The van der Waals surface area contributed by atoms with Gasteiger partial charge in [-0.3, -0.25) is 14.5 Å². The largest absolute Gasteiger partial charge is 0.385 e. The summed E-state index contributed by atoms with van der Waals surface area (Å²) in [6.07, 6.45) is 0.574. The zero-order valence-electron chi connectivity index (χ0n) is 15.5. The maximum Gasteiger partial charge on any atom is 0.323 e. The number of methoxy groups -OCH3 is 1. The summed E-state index contributed by atoms with van der Waals surface area (Å²) in [5.41, 5.74) is 2.74. The van der Waals surface area contributed by atoms with Crippen LogP contribution >= 0.6 is 22.6 Å². The predicted octanol–water partition coefficient (Wildman–Crippen LogP) is 3.88. The van der Waals surface area contributed by atoms with Gasteiger partial charge in [-0.25, -0.2) is 4.79 Å². The van der Waals surface area contributed by atoms with Crippen molar-refractivity contribution in [2.75, 3.05) is 30.9 Å². The molecular formula is C20H20IN3O4. The fourth-order valence-electron chi connectivity index (χ4n) is 2.99. The molecule has 0 saturated carbocycles. The van der Waals surface area contributed by atoms with Gasteiger partial charge in [-0.2, -0.15) is 0 Å². The minimum atomic E-state index is -0.419. The maximum atomic E-state index is 12.5. The van der Waals surface area contributed by atoms with Gasteiger partial charge in [0.2, 0.25) is 0 Å². The van der Waals surface area contributed by atoms with E-state index in [-0.39, 0.29) is 11.8 Å². The van der Waals surface area contributed by atoms with Crippen molar-refractivity contribution in [3.63, 3.8) is 0 Å². The first-order valence-electron chi connectivity index (χ1n) is 8.74. The van der Waals surface area contributed by atoms with Crippen LogP contribution in [0.4, 0.5) is 16.2 Å². The molecule has 0 bridgehead atoms. The van der Waals surface area contributed by atoms with Crippen molar-refractivity contribution in [2.45, 2.75) is 13.3 Å². The van der Waals surface area contributed by atoms with E-state index in [0.717, 1.165) is 9.13 Å². The van der Waals surface area contributed by atoms with E-state index in [0.29, 0.717) is 42.1 Å². The molecule has 0 aliphatic carbocycles. The van der Waals surface area contributed by atoms with Crippen LogP contribution in [0.2, 0.25) is 0 Å². The van der Waals surface area contributed by atoms with Gasteiger partial charge in [0, 0.05) is 35.2 Å². The number of hydrogen-bond acceptors (Lipinski definition) is 4. The first kappa shape index (κ1) is 20.3. The highest BCUT2D eigenvalue weighted by Gasteiger charge is 2.35. The minimum Gasteiger partial charge on any atom is -0.385 e. The topological polar surface area (TPSA) is 87.7 Å². The van der Waals surface area contributed by atoms with Crippen molar-refractivity contribution in [3.05, 3.63) is 56.7 Å². The number of carbonyl (C=O) groups is 3. The number of nitrogens with zero attached hydrogens (tertiary/aromatic N) is 1.